The van der Waals surface area contributed by atoms with E-state index >= 15 is 0 Å². The number of nitrogens with zero attached hydrogens (tertiary/aromatic N) is 2. The van der Waals surface area contributed by atoms with Crippen LogP contribution in [0.1, 0.15) is 52.1 Å². The van der Waals surface area contributed by atoms with E-state index in [0.717, 1.165) is 23.2 Å². The second-order valence-electron chi connectivity index (χ2n) is 10.0. The molecule has 7 heteroatoms. The van der Waals surface area contributed by atoms with E-state index in [4.69, 9.17) is 9.84 Å². The molecule has 2 heterocycles. The first-order chi connectivity index (χ1) is 15.7. The molecule has 6 nitrogen and oxygen atoms in total. The van der Waals surface area contributed by atoms with Crippen LogP contribution in [0.15, 0.2) is 42.7 Å². The molecule has 1 aliphatic rings. The third kappa shape index (κ3) is 5.78. The van der Waals surface area contributed by atoms with Crippen molar-refractivity contribution < 1.29 is 19.0 Å². The fraction of sp³-hybridized carbons (Fsp3) is 0.423. The highest BCUT2D eigenvalue weighted by Gasteiger charge is 2.27. The molecule has 0 spiro atoms. The van der Waals surface area contributed by atoms with E-state index in [9.17, 15) is 9.18 Å². The molecule has 0 bridgehead atoms. The zero-order chi connectivity index (χ0) is 23.6. The number of benzene rings is 1. The summed E-state index contributed by atoms with van der Waals surface area (Å²) in [5.74, 6) is -0.329. The number of aliphatic carboxylic acids is 1. The van der Waals surface area contributed by atoms with Crippen molar-refractivity contribution in [2.75, 3.05) is 0 Å². The summed E-state index contributed by atoms with van der Waals surface area (Å²) >= 11 is 0. The van der Waals surface area contributed by atoms with E-state index in [1.165, 1.54) is 6.07 Å². The van der Waals surface area contributed by atoms with Gasteiger partial charge in [0.1, 0.15) is 17.7 Å². The zero-order valence-electron chi connectivity index (χ0n) is 19.3. The smallest absolute Gasteiger partial charge is 0.306 e. The Morgan fingerprint density at radius 1 is 1.09 bits per heavy atom. The van der Waals surface area contributed by atoms with Gasteiger partial charge in [0.2, 0.25) is 5.88 Å². The van der Waals surface area contributed by atoms with Crippen LogP contribution in [0.2, 0.25) is 0 Å². The van der Waals surface area contributed by atoms with Crippen molar-refractivity contribution in [1.29, 1.82) is 0 Å². The Hall–Kier alpha value is -3.22. The summed E-state index contributed by atoms with van der Waals surface area (Å²) in [6, 6.07) is 8.71. The predicted octanol–water partition coefficient (Wildman–Crippen LogP) is 5.89. The van der Waals surface area contributed by atoms with Crippen LogP contribution < -0.4 is 4.74 Å². The SMILES string of the molecule is CC(C)(C)Cc1cnc(-c2ccc(-c3ccc(OC4CCC(C(=O)O)CC4)nc3)cc2F)[nH]1. The summed E-state index contributed by atoms with van der Waals surface area (Å²) in [5.41, 5.74) is 3.04. The quantitative estimate of drug-likeness (QED) is 0.488. The first-order valence-corrected chi connectivity index (χ1v) is 11.4. The number of carbonyl (C=O) groups is 1. The van der Waals surface area contributed by atoms with Crippen molar-refractivity contribution in [2.24, 2.45) is 11.3 Å². The second kappa shape index (κ2) is 9.33. The maximum absolute atomic E-state index is 14.9. The van der Waals surface area contributed by atoms with E-state index in [1.54, 1.807) is 24.5 Å². The van der Waals surface area contributed by atoms with E-state index in [1.807, 2.05) is 12.1 Å². The van der Waals surface area contributed by atoms with Crippen LogP contribution in [-0.4, -0.2) is 32.1 Å². The lowest BCUT2D eigenvalue weighted by Gasteiger charge is -2.26. The molecule has 1 saturated carbocycles. The first-order valence-electron chi connectivity index (χ1n) is 11.4. The van der Waals surface area contributed by atoms with E-state index < -0.39 is 5.97 Å². The van der Waals surface area contributed by atoms with Crippen molar-refractivity contribution in [3.63, 3.8) is 0 Å². The molecule has 0 radical (unpaired) electrons. The standard InChI is InChI=1S/C26H30FN3O3/c1-26(2,3)13-19-15-29-24(30-19)21-10-6-17(12-22(21)27)18-7-11-23(28-14-18)33-20-8-4-16(5-9-20)25(31)32/h6-7,10-12,14-16,20H,4-5,8-9,13H2,1-3H3,(H,29,30)(H,31,32). The zero-order valence-corrected chi connectivity index (χ0v) is 19.3. The normalized spacial score (nSPS) is 18.8. The van der Waals surface area contributed by atoms with Gasteiger partial charge in [0.25, 0.3) is 0 Å². The Kier molecular flexibility index (Phi) is 6.49. The highest BCUT2D eigenvalue weighted by atomic mass is 19.1. The highest BCUT2D eigenvalue weighted by molar-refractivity contribution is 5.70. The molecule has 1 aliphatic carbocycles. The van der Waals surface area contributed by atoms with Gasteiger partial charge in [-0.15, -0.1) is 0 Å². The van der Waals surface area contributed by atoms with Crippen molar-refractivity contribution in [2.45, 2.75) is 59.0 Å². The monoisotopic (exact) mass is 451 g/mol. The van der Waals surface area contributed by atoms with E-state index in [-0.39, 0.29) is 23.3 Å². The predicted molar refractivity (Wildman–Crippen MR) is 124 cm³/mol. The van der Waals surface area contributed by atoms with Crippen molar-refractivity contribution in [3.8, 4) is 28.4 Å². The minimum absolute atomic E-state index is 0.0212. The third-order valence-corrected chi connectivity index (χ3v) is 5.95. The van der Waals surface area contributed by atoms with Crippen LogP contribution >= 0.6 is 0 Å². The van der Waals surface area contributed by atoms with Gasteiger partial charge in [-0.1, -0.05) is 26.8 Å². The van der Waals surface area contributed by atoms with Gasteiger partial charge in [-0.2, -0.15) is 0 Å². The first kappa shape index (κ1) is 23.0. The molecule has 0 atom stereocenters. The Balaban J connectivity index is 1.41. The fourth-order valence-electron chi connectivity index (χ4n) is 4.26. The van der Waals surface area contributed by atoms with Gasteiger partial charge < -0.3 is 14.8 Å². The van der Waals surface area contributed by atoms with Gasteiger partial charge in [-0.25, -0.2) is 14.4 Å². The van der Waals surface area contributed by atoms with Crippen LogP contribution in [0.5, 0.6) is 5.88 Å². The molecule has 174 valence electrons. The highest BCUT2D eigenvalue weighted by Crippen LogP contribution is 2.30. The second-order valence-corrected chi connectivity index (χ2v) is 10.0. The molecule has 4 rings (SSSR count). The Bertz CT molecular complexity index is 1110. The number of imidazole rings is 1. The lowest BCUT2D eigenvalue weighted by molar-refractivity contribution is -0.143. The van der Waals surface area contributed by atoms with E-state index in [0.29, 0.717) is 43.0 Å². The number of H-pyrrole nitrogens is 1. The summed E-state index contributed by atoms with van der Waals surface area (Å²) < 4.78 is 20.8. The number of aromatic amines is 1. The summed E-state index contributed by atoms with van der Waals surface area (Å²) in [6.45, 7) is 6.45. The largest absolute Gasteiger partial charge is 0.481 e. The number of carboxylic acid groups (broad SMARTS) is 1. The summed E-state index contributed by atoms with van der Waals surface area (Å²) in [7, 11) is 0. The minimum Gasteiger partial charge on any atom is -0.481 e. The Labute approximate surface area is 193 Å². The van der Waals surface area contributed by atoms with E-state index in [2.05, 4.69) is 35.7 Å². The minimum atomic E-state index is -0.730. The molecule has 33 heavy (non-hydrogen) atoms. The Morgan fingerprint density at radius 2 is 1.82 bits per heavy atom. The van der Waals surface area contributed by atoms with Gasteiger partial charge in [0.05, 0.1) is 11.5 Å². The van der Waals surface area contributed by atoms with Crippen molar-refractivity contribution in [1.82, 2.24) is 15.0 Å². The number of halogens is 1. The van der Waals surface area contributed by atoms with Crippen molar-refractivity contribution >= 4 is 5.97 Å². The molecule has 2 N–H and O–H groups in total. The molecule has 1 aromatic carbocycles. The summed E-state index contributed by atoms with van der Waals surface area (Å²) in [4.78, 5) is 23.0. The molecule has 3 aromatic rings. The number of ether oxygens (including phenoxy) is 1. The molecule has 0 saturated heterocycles. The van der Waals surface area contributed by atoms with Crippen LogP contribution in [0.25, 0.3) is 22.5 Å². The molecular weight excluding hydrogens is 421 g/mol. The van der Waals surface area contributed by atoms with Crippen molar-refractivity contribution in [3.05, 3.63) is 54.2 Å². The van der Waals surface area contributed by atoms with Gasteiger partial charge in [0.15, 0.2) is 0 Å². The van der Waals surface area contributed by atoms with Gasteiger partial charge >= 0.3 is 5.97 Å². The number of rotatable bonds is 6. The van der Waals surface area contributed by atoms with Crippen LogP contribution in [-0.2, 0) is 11.2 Å². The van der Waals surface area contributed by atoms with Crippen LogP contribution in [0.4, 0.5) is 4.39 Å². The summed E-state index contributed by atoms with van der Waals surface area (Å²) in [6.07, 6.45) is 6.90. The van der Waals surface area contributed by atoms with Gasteiger partial charge in [0, 0.05) is 29.7 Å². The van der Waals surface area contributed by atoms with Crippen LogP contribution in [0, 0.1) is 17.2 Å². The maximum atomic E-state index is 14.9. The average molecular weight is 452 g/mol. The molecule has 0 unspecified atom stereocenters. The number of hydrogen-bond donors (Lipinski definition) is 2. The fourth-order valence-corrected chi connectivity index (χ4v) is 4.26. The number of carboxylic acids is 1. The number of nitrogens with one attached hydrogen (secondary N) is 1. The maximum Gasteiger partial charge on any atom is 0.306 e. The topological polar surface area (TPSA) is 88.1 Å². The third-order valence-electron chi connectivity index (χ3n) is 5.95. The Morgan fingerprint density at radius 3 is 2.42 bits per heavy atom. The van der Waals surface area contributed by atoms with Gasteiger partial charge in [-0.05, 0) is 61.3 Å². The number of hydrogen-bond acceptors (Lipinski definition) is 4. The number of aromatic nitrogens is 3. The molecule has 2 aromatic heterocycles. The molecule has 1 fully saturated rings. The lowest BCUT2D eigenvalue weighted by atomic mass is 9.87. The van der Waals surface area contributed by atoms with Crippen LogP contribution in [0.3, 0.4) is 0 Å². The lowest BCUT2D eigenvalue weighted by Crippen LogP contribution is -2.28. The number of pyridine rings is 1. The van der Waals surface area contributed by atoms with Gasteiger partial charge in [-0.3, -0.25) is 4.79 Å². The molecule has 0 amide bonds. The molecule has 0 aliphatic heterocycles. The average Bonchev–Trinajstić information content (AvgIpc) is 3.21. The summed E-state index contributed by atoms with van der Waals surface area (Å²) in [5, 5.41) is 9.11. The molecular formula is C26H30FN3O3.